The van der Waals surface area contributed by atoms with Gasteiger partial charge in [-0.2, -0.15) is 20.1 Å². The summed E-state index contributed by atoms with van der Waals surface area (Å²) in [5.74, 6) is 1.69. The van der Waals surface area contributed by atoms with Gasteiger partial charge in [-0.3, -0.25) is 0 Å². The van der Waals surface area contributed by atoms with Crippen LogP contribution in [0.25, 0.3) is 0 Å². The summed E-state index contributed by atoms with van der Waals surface area (Å²) < 4.78 is 22.7. The van der Waals surface area contributed by atoms with Gasteiger partial charge in [0, 0.05) is 30.7 Å². The van der Waals surface area contributed by atoms with Crippen molar-refractivity contribution in [1.29, 1.82) is 0 Å². The minimum absolute atomic E-state index is 0.301. The highest BCUT2D eigenvalue weighted by Gasteiger charge is 2.20. The van der Waals surface area contributed by atoms with Crippen molar-refractivity contribution in [2.24, 2.45) is 5.10 Å². The average molecular weight is 598 g/mol. The molecule has 0 atom stereocenters. The average Bonchev–Trinajstić information content (AvgIpc) is 2.98. The number of carbonyl (C=O) groups excluding carboxylic acids is 1. The second-order valence-electron chi connectivity index (χ2n) is 8.64. The van der Waals surface area contributed by atoms with E-state index in [1.165, 1.54) is 7.11 Å². The van der Waals surface area contributed by atoms with E-state index in [4.69, 9.17) is 23.9 Å². The molecule has 204 valence electrons. The largest absolute Gasteiger partial charge is 0.493 e. The van der Waals surface area contributed by atoms with Gasteiger partial charge in [-0.05, 0) is 42.0 Å². The quantitative estimate of drug-likeness (QED) is 0.178. The van der Waals surface area contributed by atoms with Crippen LogP contribution >= 0.6 is 15.9 Å². The normalized spacial score (nSPS) is 15.8. The van der Waals surface area contributed by atoms with E-state index in [-0.39, 0.29) is 0 Å². The van der Waals surface area contributed by atoms with E-state index in [2.05, 4.69) is 46.2 Å². The Morgan fingerprint density at radius 3 is 2.23 bits per heavy atom. The zero-order chi connectivity index (χ0) is 27.0. The fourth-order valence-corrected chi connectivity index (χ4v) is 4.40. The number of morpholine rings is 2. The summed E-state index contributed by atoms with van der Waals surface area (Å²) in [5, 5.41) is 4.32. The van der Waals surface area contributed by atoms with Crippen molar-refractivity contribution < 1.29 is 23.7 Å². The molecule has 2 saturated heterocycles. The molecule has 3 heterocycles. The number of nitrogens with zero attached hydrogens (tertiary/aromatic N) is 6. The van der Waals surface area contributed by atoms with Crippen LogP contribution in [0.5, 0.6) is 11.5 Å². The van der Waals surface area contributed by atoms with Gasteiger partial charge >= 0.3 is 5.97 Å². The molecule has 3 aromatic rings. The molecule has 1 aromatic heterocycles. The molecule has 2 fully saturated rings. The van der Waals surface area contributed by atoms with Crippen LogP contribution in [-0.2, 0) is 9.47 Å². The van der Waals surface area contributed by atoms with Gasteiger partial charge in [-0.1, -0.05) is 22.0 Å². The number of rotatable bonds is 8. The second kappa shape index (κ2) is 12.8. The maximum absolute atomic E-state index is 12.6. The van der Waals surface area contributed by atoms with Crippen molar-refractivity contribution in [3.8, 4) is 11.5 Å². The lowest BCUT2D eigenvalue weighted by Gasteiger charge is -2.30. The Labute approximate surface area is 234 Å². The van der Waals surface area contributed by atoms with Gasteiger partial charge in [-0.25, -0.2) is 10.2 Å². The van der Waals surface area contributed by atoms with Crippen molar-refractivity contribution >= 4 is 46.0 Å². The molecule has 12 nitrogen and oxygen atoms in total. The number of hydrogen-bond acceptors (Lipinski definition) is 12. The first kappa shape index (κ1) is 26.8. The van der Waals surface area contributed by atoms with Gasteiger partial charge in [0.25, 0.3) is 0 Å². The molecule has 2 aliphatic rings. The van der Waals surface area contributed by atoms with Crippen molar-refractivity contribution in [3.63, 3.8) is 0 Å². The zero-order valence-electron chi connectivity index (χ0n) is 21.4. The number of halogens is 1. The van der Waals surface area contributed by atoms with Gasteiger partial charge in [0.1, 0.15) is 0 Å². The number of esters is 1. The zero-order valence-corrected chi connectivity index (χ0v) is 23.0. The fraction of sp³-hybridized carbons (Fsp3) is 0.346. The molecule has 0 spiro atoms. The second-order valence-corrected chi connectivity index (χ2v) is 9.55. The van der Waals surface area contributed by atoms with E-state index < -0.39 is 5.97 Å². The van der Waals surface area contributed by atoms with Gasteiger partial charge in [0.05, 0.1) is 45.3 Å². The third kappa shape index (κ3) is 6.99. The Morgan fingerprint density at radius 1 is 0.949 bits per heavy atom. The lowest BCUT2D eigenvalue weighted by atomic mass is 10.2. The van der Waals surface area contributed by atoms with Gasteiger partial charge in [0.2, 0.25) is 17.8 Å². The smallest absolute Gasteiger partial charge is 0.343 e. The standard InChI is InChI=1S/C26H28BrN7O5/c1-36-22-15-18(5-6-21(22)39-23(35)19-3-2-4-20(27)16-19)17-28-32-24-29-25(33-7-11-37-12-8-33)31-26(30-24)34-9-13-38-14-10-34/h2-6,15-17H,7-14H2,1H3,(H,29,30,31,32). The Bertz CT molecular complexity index is 1290. The van der Waals surface area contributed by atoms with Crippen molar-refractivity contribution in [1.82, 2.24) is 15.0 Å². The number of aromatic nitrogens is 3. The number of hydrogen-bond donors (Lipinski definition) is 1. The molecule has 0 unspecified atom stereocenters. The first-order valence-electron chi connectivity index (χ1n) is 12.5. The van der Waals surface area contributed by atoms with E-state index in [0.717, 1.165) is 10.0 Å². The maximum atomic E-state index is 12.6. The Kier molecular flexibility index (Phi) is 8.81. The first-order chi connectivity index (χ1) is 19.1. The molecule has 0 radical (unpaired) electrons. The topological polar surface area (TPSA) is 124 Å². The van der Waals surface area contributed by atoms with Crippen LogP contribution in [0.15, 0.2) is 52.0 Å². The summed E-state index contributed by atoms with van der Waals surface area (Å²) in [4.78, 5) is 30.6. The monoisotopic (exact) mass is 597 g/mol. The van der Waals surface area contributed by atoms with Crippen LogP contribution < -0.4 is 24.7 Å². The van der Waals surface area contributed by atoms with E-state index in [1.807, 2.05) is 6.07 Å². The lowest BCUT2D eigenvalue weighted by Crippen LogP contribution is -2.40. The fourth-order valence-electron chi connectivity index (χ4n) is 4.00. The summed E-state index contributed by atoms with van der Waals surface area (Å²) in [7, 11) is 1.51. The Hall–Kier alpha value is -3.81. The number of hydrazone groups is 1. The van der Waals surface area contributed by atoms with E-state index in [0.29, 0.717) is 87.5 Å². The third-order valence-electron chi connectivity index (χ3n) is 6.03. The molecule has 0 aliphatic carbocycles. The third-order valence-corrected chi connectivity index (χ3v) is 6.52. The van der Waals surface area contributed by atoms with Crippen molar-refractivity contribution in [3.05, 3.63) is 58.1 Å². The van der Waals surface area contributed by atoms with Crippen LogP contribution in [0, 0.1) is 0 Å². The molecular weight excluding hydrogens is 570 g/mol. The first-order valence-corrected chi connectivity index (χ1v) is 13.2. The predicted octanol–water partition coefficient (Wildman–Crippen LogP) is 2.98. The van der Waals surface area contributed by atoms with Gasteiger partial charge in [-0.15, -0.1) is 0 Å². The molecule has 5 rings (SSSR count). The summed E-state index contributed by atoms with van der Waals surface area (Å²) >= 11 is 3.36. The molecule has 1 N–H and O–H groups in total. The molecule has 2 aromatic carbocycles. The molecule has 0 bridgehead atoms. The minimum Gasteiger partial charge on any atom is -0.493 e. The summed E-state index contributed by atoms with van der Waals surface area (Å²) in [6, 6.07) is 12.1. The number of methoxy groups -OCH3 is 1. The van der Waals surface area contributed by atoms with Gasteiger partial charge in [0.15, 0.2) is 11.5 Å². The van der Waals surface area contributed by atoms with Crippen molar-refractivity contribution in [2.45, 2.75) is 0 Å². The van der Waals surface area contributed by atoms with E-state index in [1.54, 1.807) is 42.6 Å². The molecule has 2 aliphatic heterocycles. The predicted molar refractivity (Wildman–Crippen MR) is 149 cm³/mol. The highest BCUT2D eigenvalue weighted by molar-refractivity contribution is 9.10. The maximum Gasteiger partial charge on any atom is 0.343 e. The van der Waals surface area contributed by atoms with Gasteiger partial charge < -0.3 is 28.7 Å². The summed E-state index contributed by atoms with van der Waals surface area (Å²) in [5.41, 5.74) is 4.07. The van der Waals surface area contributed by atoms with Crippen LogP contribution in [0.4, 0.5) is 17.8 Å². The number of ether oxygens (including phenoxy) is 4. The highest BCUT2D eigenvalue weighted by Crippen LogP contribution is 2.29. The van der Waals surface area contributed by atoms with Crippen molar-refractivity contribution in [2.75, 3.05) is 74.9 Å². The molecule has 0 saturated carbocycles. The van der Waals surface area contributed by atoms with Crippen LogP contribution in [0.3, 0.4) is 0 Å². The van der Waals surface area contributed by atoms with Crippen LogP contribution in [0.1, 0.15) is 15.9 Å². The molecule has 0 amide bonds. The molecular formula is C26H28BrN7O5. The number of carbonyl (C=O) groups is 1. The van der Waals surface area contributed by atoms with Crippen LogP contribution in [0.2, 0.25) is 0 Å². The molecule has 13 heteroatoms. The SMILES string of the molecule is COc1cc(C=NNc2nc(N3CCOCC3)nc(N3CCOCC3)n2)ccc1OC(=O)c1cccc(Br)c1. The van der Waals surface area contributed by atoms with E-state index in [9.17, 15) is 4.79 Å². The summed E-state index contributed by atoms with van der Waals surface area (Å²) in [6.07, 6.45) is 1.61. The number of anilines is 3. The highest BCUT2D eigenvalue weighted by atomic mass is 79.9. The Balaban J connectivity index is 1.30. The summed E-state index contributed by atoms with van der Waals surface area (Å²) in [6.45, 7) is 5.29. The minimum atomic E-state index is -0.486. The van der Waals surface area contributed by atoms with E-state index >= 15 is 0 Å². The molecule has 39 heavy (non-hydrogen) atoms. The van der Waals surface area contributed by atoms with Crippen LogP contribution in [-0.4, -0.2) is 86.9 Å². The number of nitrogens with one attached hydrogen (secondary N) is 1. The lowest BCUT2D eigenvalue weighted by molar-refractivity contribution is 0.0729. The Morgan fingerprint density at radius 2 is 1.62 bits per heavy atom. The number of benzene rings is 2.